The van der Waals surface area contributed by atoms with Crippen molar-refractivity contribution >= 4 is 21.7 Å². The molecular formula is C11H12BrNO2. The molecule has 1 aliphatic heterocycles. The van der Waals surface area contributed by atoms with Crippen LogP contribution in [0.15, 0.2) is 28.7 Å². The minimum absolute atomic E-state index is 0.0920. The Balaban J connectivity index is 1.99. The van der Waals surface area contributed by atoms with Crippen molar-refractivity contribution in [3.63, 3.8) is 0 Å². The lowest BCUT2D eigenvalue weighted by Crippen LogP contribution is -2.52. The summed E-state index contributed by atoms with van der Waals surface area (Å²) < 4.78 is 0.830. The number of rotatable bonds is 3. The normalized spacial score (nSPS) is 17.5. The first-order chi connectivity index (χ1) is 7.16. The lowest BCUT2D eigenvalue weighted by molar-refractivity contribution is 0.00513. The molecule has 80 valence electrons. The first kappa shape index (κ1) is 10.8. The quantitative estimate of drug-likeness (QED) is 0.842. The summed E-state index contributed by atoms with van der Waals surface area (Å²) in [5.74, 6) is 0.0920. The van der Waals surface area contributed by atoms with Crippen LogP contribution < -0.4 is 0 Å². The molecule has 0 aromatic heterocycles. The van der Waals surface area contributed by atoms with E-state index < -0.39 is 0 Å². The number of Topliss-reactive ketones (excluding diaryl/α,β-unsaturated/α-hetero) is 1. The lowest BCUT2D eigenvalue weighted by Gasteiger charge is -2.35. The fourth-order valence-corrected chi connectivity index (χ4v) is 2.15. The number of β-amino-alcohol motifs (C(OH)–C–C–N with tert-alkyl or cyclic N) is 1. The summed E-state index contributed by atoms with van der Waals surface area (Å²) in [6.07, 6.45) is -0.253. The highest BCUT2D eigenvalue weighted by Gasteiger charge is 2.26. The number of benzene rings is 1. The number of hydrogen-bond acceptors (Lipinski definition) is 3. The van der Waals surface area contributed by atoms with Crippen molar-refractivity contribution in [1.82, 2.24) is 4.90 Å². The minimum Gasteiger partial charge on any atom is -0.390 e. The number of carbonyl (C=O) groups excluding carboxylic acids is 1. The van der Waals surface area contributed by atoms with Crippen molar-refractivity contribution in [2.75, 3.05) is 19.6 Å². The zero-order valence-electron chi connectivity index (χ0n) is 8.19. The van der Waals surface area contributed by atoms with Gasteiger partial charge in [-0.25, -0.2) is 0 Å². The van der Waals surface area contributed by atoms with E-state index in [0.717, 1.165) is 4.47 Å². The third-order valence-electron chi connectivity index (χ3n) is 2.48. The Morgan fingerprint density at radius 3 is 2.73 bits per heavy atom. The van der Waals surface area contributed by atoms with Gasteiger partial charge in [0, 0.05) is 23.1 Å². The van der Waals surface area contributed by atoms with Crippen LogP contribution in [0.2, 0.25) is 0 Å². The fourth-order valence-electron chi connectivity index (χ4n) is 1.65. The number of nitrogens with zero attached hydrogens (tertiary/aromatic N) is 1. The van der Waals surface area contributed by atoms with E-state index in [4.69, 9.17) is 5.11 Å². The molecule has 1 saturated heterocycles. The summed E-state index contributed by atoms with van der Waals surface area (Å²) in [5, 5.41) is 9.09. The van der Waals surface area contributed by atoms with Crippen LogP contribution in [-0.2, 0) is 0 Å². The number of carbonyl (C=O) groups is 1. The first-order valence-electron chi connectivity index (χ1n) is 4.85. The van der Waals surface area contributed by atoms with E-state index in [9.17, 15) is 4.79 Å². The molecule has 0 saturated carbocycles. The van der Waals surface area contributed by atoms with Gasteiger partial charge in [0.1, 0.15) is 0 Å². The van der Waals surface area contributed by atoms with Crippen LogP contribution >= 0.6 is 15.9 Å². The predicted octanol–water partition coefficient (Wildman–Crippen LogP) is 1.31. The predicted molar refractivity (Wildman–Crippen MR) is 60.9 cm³/mol. The average molecular weight is 270 g/mol. The highest BCUT2D eigenvalue weighted by atomic mass is 79.9. The van der Waals surface area contributed by atoms with E-state index >= 15 is 0 Å². The number of aliphatic hydroxyl groups is 1. The molecular weight excluding hydrogens is 258 g/mol. The molecule has 0 bridgehead atoms. The second-order valence-electron chi connectivity index (χ2n) is 3.75. The molecule has 1 aromatic rings. The SMILES string of the molecule is O=C(CN1CC(O)C1)c1ccccc1Br. The second kappa shape index (κ2) is 4.43. The van der Waals surface area contributed by atoms with Crippen molar-refractivity contribution in [2.45, 2.75) is 6.10 Å². The zero-order valence-corrected chi connectivity index (χ0v) is 9.77. The molecule has 0 atom stereocenters. The maximum Gasteiger partial charge on any atom is 0.177 e. The van der Waals surface area contributed by atoms with Crippen LogP contribution in [0.1, 0.15) is 10.4 Å². The molecule has 3 nitrogen and oxygen atoms in total. The van der Waals surface area contributed by atoms with Gasteiger partial charge in [-0.1, -0.05) is 34.1 Å². The molecule has 1 fully saturated rings. The Bertz CT molecular complexity index is 375. The van der Waals surface area contributed by atoms with E-state index in [1.54, 1.807) is 0 Å². The van der Waals surface area contributed by atoms with Crippen LogP contribution in [0.3, 0.4) is 0 Å². The fraction of sp³-hybridized carbons (Fsp3) is 0.364. The summed E-state index contributed by atoms with van der Waals surface area (Å²) in [5.41, 5.74) is 0.707. The van der Waals surface area contributed by atoms with Gasteiger partial charge in [0.2, 0.25) is 0 Å². The summed E-state index contributed by atoms with van der Waals surface area (Å²) in [6.45, 7) is 1.60. The second-order valence-corrected chi connectivity index (χ2v) is 4.61. The number of likely N-dealkylation sites (tertiary alicyclic amines) is 1. The Morgan fingerprint density at radius 1 is 1.47 bits per heavy atom. The first-order valence-corrected chi connectivity index (χ1v) is 5.64. The maximum atomic E-state index is 11.8. The van der Waals surface area contributed by atoms with Crippen LogP contribution in [-0.4, -0.2) is 41.5 Å². The van der Waals surface area contributed by atoms with Gasteiger partial charge in [-0.3, -0.25) is 9.69 Å². The molecule has 1 heterocycles. The molecule has 0 spiro atoms. The summed E-state index contributed by atoms with van der Waals surface area (Å²) in [6, 6.07) is 7.40. The molecule has 0 unspecified atom stereocenters. The Kier molecular flexibility index (Phi) is 3.19. The Labute approximate surface area is 96.8 Å². The molecule has 2 rings (SSSR count). The van der Waals surface area contributed by atoms with Gasteiger partial charge in [0.15, 0.2) is 5.78 Å². The Hall–Kier alpha value is -0.710. The van der Waals surface area contributed by atoms with Crippen LogP contribution in [0, 0.1) is 0 Å². The molecule has 0 aliphatic carbocycles. The highest BCUT2D eigenvalue weighted by Crippen LogP contribution is 2.17. The topological polar surface area (TPSA) is 40.5 Å². The summed E-state index contributed by atoms with van der Waals surface area (Å²) in [7, 11) is 0. The zero-order chi connectivity index (χ0) is 10.8. The van der Waals surface area contributed by atoms with E-state index in [1.807, 2.05) is 29.2 Å². The number of halogens is 1. The molecule has 0 radical (unpaired) electrons. The molecule has 4 heteroatoms. The van der Waals surface area contributed by atoms with Gasteiger partial charge in [-0.2, -0.15) is 0 Å². The molecule has 1 aromatic carbocycles. The molecule has 15 heavy (non-hydrogen) atoms. The highest BCUT2D eigenvalue weighted by molar-refractivity contribution is 9.10. The smallest absolute Gasteiger partial charge is 0.177 e. The summed E-state index contributed by atoms with van der Waals surface area (Å²) >= 11 is 3.35. The van der Waals surface area contributed by atoms with E-state index in [0.29, 0.717) is 25.2 Å². The molecule has 0 amide bonds. The number of ketones is 1. The van der Waals surface area contributed by atoms with Crippen molar-refractivity contribution in [3.05, 3.63) is 34.3 Å². The van der Waals surface area contributed by atoms with Gasteiger partial charge in [-0.15, -0.1) is 0 Å². The van der Waals surface area contributed by atoms with Crippen LogP contribution in [0.4, 0.5) is 0 Å². The standard InChI is InChI=1S/C11H12BrNO2/c12-10-4-2-1-3-9(10)11(15)7-13-5-8(14)6-13/h1-4,8,14H,5-7H2. The van der Waals surface area contributed by atoms with Crippen molar-refractivity contribution in [1.29, 1.82) is 0 Å². The van der Waals surface area contributed by atoms with Crippen LogP contribution in [0.5, 0.6) is 0 Å². The van der Waals surface area contributed by atoms with Crippen molar-refractivity contribution in [2.24, 2.45) is 0 Å². The van der Waals surface area contributed by atoms with E-state index in [-0.39, 0.29) is 11.9 Å². The lowest BCUT2D eigenvalue weighted by atomic mass is 10.1. The number of aliphatic hydroxyl groups excluding tert-OH is 1. The minimum atomic E-state index is -0.253. The van der Waals surface area contributed by atoms with Crippen molar-refractivity contribution in [3.8, 4) is 0 Å². The summed E-state index contributed by atoms with van der Waals surface area (Å²) in [4.78, 5) is 13.8. The van der Waals surface area contributed by atoms with Gasteiger partial charge in [0.25, 0.3) is 0 Å². The van der Waals surface area contributed by atoms with Gasteiger partial charge < -0.3 is 5.11 Å². The third kappa shape index (κ3) is 2.45. The van der Waals surface area contributed by atoms with Gasteiger partial charge in [0.05, 0.1) is 12.6 Å². The van der Waals surface area contributed by atoms with Gasteiger partial charge >= 0.3 is 0 Å². The maximum absolute atomic E-state index is 11.8. The van der Waals surface area contributed by atoms with E-state index in [1.165, 1.54) is 0 Å². The average Bonchev–Trinajstić information content (AvgIpc) is 2.16. The molecule has 1 N–H and O–H groups in total. The Morgan fingerprint density at radius 2 is 2.13 bits per heavy atom. The van der Waals surface area contributed by atoms with Crippen molar-refractivity contribution < 1.29 is 9.90 Å². The monoisotopic (exact) mass is 269 g/mol. The number of hydrogen-bond donors (Lipinski definition) is 1. The molecule has 1 aliphatic rings. The third-order valence-corrected chi connectivity index (χ3v) is 3.17. The van der Waals surface area contributed by atoms with Gasteiger partial charge in [-0.05, 0) is 6.07 Å². The van der Waals surface area contributed by atoms with Crippen LogP contribution in [0.25, 0.3) is 0 Å². The largest absolute Gasteiger partial charge is 0.390 e. The van der Waals surface area contributed by atoms with E-state index in [2.05, 4.69) is 15.9 Å².